The molecule has 2 aromatic rings. The Morgan fingerprint density at radius 1 is 1.07 bits per heavy atom. The quantitative estimate of drug-likeness (QED) is 0.375. The summed E-state index contributed by atoms with van der Waals surface area (Å²) in [6, 6.07) is 10.2. The molecule has 2 aliphatic heterocycles. The van der Waals surface area contributed by atoms with Crippen LogP contribution in [0.1, 0.15) is 43.4 Å². The SMILES string of the molecule is CC[C@H](C)[C@@H]1NC(=O)CN(C(=O)Cc2cc(F)ccc2C)CCNC(=O)[C@H](Cc2ccccc2)NC(=O)[C@@H]2C[C@@H](O)CN2C1=O. The molecule has 0 bridgehead atoms. The monoisotopic (exact) mass is 623 g/mol. The highest BCUT2D eigenvalue weighted by molar-refractivity contribution is 5.95. The molecule has 2 saturated heterocycles. The molecular weight excluding hydrogens is 581 g/mol. The third kappa shape index (κ3) is 8.65. The molecule has 5 atom stereocenters. The Balaban J connectivity index is 1.66. The van der Waals surface area contributed by atoms with Crippen LogP contribution in [0.15, 0.2) is 48.5 Å². The van der Waals surface area contributed by atoms with E-state index in [0.717, 1.165) is 5.56 Å². The molecule has 45 heavy (non-hydrogen) atoms. The zero-order chi connectivity index (χ0) is 32.7. The zero-order valence-electron chi connectivity index (χ0n) is 25.9. The van der Waals surface area contributed by atoms with Gasteiger partial charge in [-0.3, -0.25) is 24.0 Å². The van der Waals surface area contributed by atoms with E-state index in [9.17, 15) is 33.5 Å². The first kappa shape index (κ1) is 33.6. The van der Waals surface area contributed by atoms with Gasteiger partial charge in [0.1, 0.15) is 23.9 Å². The summed E-state index contributed by atoms with van der Waals surface area (Å²) in [7, 11) is 0. The van der Waals surface area contributed by atoms with Crippen molar-refractivity contribution in [3.63, 3.8) is 0 Å². The van der Waals surface area contributed by atoms with Crippen molar-refractivity contribution in [2.45, 2.75) is 70.7 Å². The summed E-state index contributed by atoms with van der Waals surface area (Å²) in [4.78, 5) is 70.3. The van der Waals surface area contributed by atoms with Crippen LogP contribution in [0.2, 0.25) is 0 Å². The maximum atomic E-state index is 14.0. The van der Waals surface area contributed by atoms with Crippen LogP contribution >= 0.6 is 0 Å². The summed E-state index contributed by atoms with van der Waals surface area (Å²) in [6.07, 6.45) is -0.446. The van der Waals surface area contributed by atoms with Crippen LogP contribution in [0.3, 0.4) is 0 Å². The van der Waals surface area contributed by atoms with Crippen molar-refractivity contribution < 1.29 is 33.5 Å². The Morgan fingerprint density at radius 2 is 1.80 bits per heavy atom. The van der Waals surface area contributed by atoms with Gasteiger partial charge in [-0.2, -0.15) is 0 Å². The van der Waals surface area contributed by atoms with E-state index in [0.29, 0.717) is 17.5 Å². The number of aryl methyl sites for hydroxylation is 1. The first-order valence-corrected chi connectivity index (χ1v) is 15.4. The Labute approximate surface area is 262 Å². The lowest BCUT2D eigenvalue weighted by atomic mass is 9.97. The van der Waals surface area contributed by atoms with Crippen LogP contribution < -0.4 is 16.0 Å². The van der Waals surface area contributed by atoms with Gasteiger partial charge < -0.3 is 30.9 Å². The van der Waals surface area contributed by atoms with Crippen molar-refractivity contribution in [1.29, 1.82) is 0 Å². The lowest BCUT2D eigenvalue weighted by molar-refractivity contribution is -0.143. The van der Waals surface area contributed by atoms with Gasteiger partial charge in [0.05, 0.1) is 19.1 Å². The Hall–Kier alpha value is -4.32. The summed E-state index contributed by atoms with van der Waals surface area (Å²) >= 11 is 0. The fourth-order valence-corrected chi connectivity index (χ4v) is 5.72. The second kappa shape index (κ2) is 15.1. The number of halogens is 1. The molecular formula is C33H42FN5O6. The highest BCUT2D eigenvalue weighted by atomic mass is 19.1. The number of carbonyl (C=O) groups excluding carboxylic acids is 5. The average molecular weight is 624 g/mol. The number of aliphatic hydroxyl groups is 1. The standard InChI is InChI=1S/C33H42FN5O6/c1-4-20(2)30-33(45)39-18-25(40)17-27(39)32(44)36-26(14-22-8-6-5-7-9-22)31(43)35-12-13-38(19-28(41)37-30)29(42)16-23-15-24(34)11-10-21(23)3/h5-11,15,20,25-27,30,40H,4,12-14,16-19H2,1-3H3,(H,35,43)(H,36,44)(H,37,41)/t20-,25+,26-,27-,30-/m0/s1. The summed E-state index contributed by atoms with van der Waals surface area (Å²) in [5.41, 5.74) is 1.98. The molecule has 5 amide bonds. The Morgan fingerprint density at radius 3 is 2.51 bits per heavy atom. The third-order valence-corrected chi connectivity index (χ3v) is 8.60. The van der Waals surface area contributed by atoms with Gasteiger partial charge in [-0.15, -0.1) is 0 Å². The minimum atomic E-state index is -1.04. The van der Waals surface area contributed by atoms with E-state index in [1.54, 1.807) is 19.9 Å². The van der Waals surface area contributed by atoms with Crippen molar-refractivity contribution in [3.05, 3.63) is 71.0 Å². The highest BCUT2D eigenvalue weighted by Crippen LogP contribution is 2.23. The number of amides is 5. The predicted molar refractivity (Wildman–Crippen MR) is 164 cm³/mol. The maximum Gasteiger partial charge on any atom is 0.246 e. The number of nitrogens with one attached hydrogen (secondary N) is 3. The van der Waals surface area contributed by atoms with Gasteiger partial charge in [-0.25, -0.2) is 4.39 Å². The molecule has 12 heteroatoms. The van der Waals surface area contributed by atoms with Crippen molar-refractivity contribution in [1.82, 2.24) is 25.8 Å². The van der Waals surface area contributed by atoms with E-state index >= 15 is 0 Å². The molecule has 2 fully saturated rings. The number of hydrogen-bond donors (Lipinski definition) is 4. The normalized spacial score (nSPS) is 24.1. The summed E-state index contributed by atoms with van der Waals surface area (Å²) < 4.78 is 14.0. The van der Waals surface area contributed by atoms with Crippen LogP contribution in [-0.2, 0) is 36.8 Å². The maximum absolute atomic E-state index is 14.0. The van der Waals surface area contributed by atoms with Crippen molar-refractivity contribution in [2.24, 2.45) is 5.92 Å². The Kier molecular flexibility index (Phi) is 11.3. The summed E-state index contributed by atoms with van der Waals surface area (Å²) in [6.45, 7) is 4.85. The minimum Gasteiger partial charge on any atom is -0.391 e. The van der Waals surface area contributed by atoms with Gasteiger partial charge in [0.25, 0.3) is 0 Å². The number of carbonyl (C=O) groups is 5. The molecule has 4 N–H and O–H groups in total. The van der Waals surface area contributed by atoms with Crippen molar-refractivity contribution in [3.8, 4) is 0 Å². The van der Waals surface area contributed by atoms with Gasteiger partial charge in [-0.1, -0.05) is 56.7 Å². The van der Waals surface area contributed by atoms with Crippen LogP contribution in [-0.4, -0.2) is 94.9 Å². The number of fused-ring (bicyclic) bond motifs is 1. The van der Waals surface area contributed by atoms with Crippen LogP contribution in [0.25, 0.3) is 0 Å². The molecule has 0 unspecified atom stereocenters. The summed E-state index contributed by atoms with van der Waals surface area (Å²) in [5.74, 6) is -3.48. The van der Waals surface area contributed by atoms with Crippen LogP contribution in [0.4, 0.5) is 4.39 Å². The molecule has 2 aromatic carbocycles. The molecule has 0 saturated carbocycles. The van der Waals surface area contributed by atoms with E-state index in [1.807, 2.05) is 37.3 Å². The fourth-order valence-electron chi connectivity index (χ4n) is 5.72. The molecule has 0 aliphatic carbocycles. The van der Waals surface area contributed by atoms with E-state index in [2.05, 4.69) is 16.0 Å². The van der Waals surface area contributed by atoms with Crippen molar-refractivity contribution in [2.75, 3.05) is 26.2 Å². The zero-order valence-corrected chi connectivity index (χ0v) is 25.9. The third-order valence-electron chi connectivity index (χ3n) is 8.60. The van der Waals surface area contributed by atoms with E-state index in [-0.39, 0.29) is 44.8 Å². The average Bonchev–Trinajstić information content (AvgIpc) is 3.41. The second-order valence-corrected chi connectivity index (χ2v) is 11.9. The smallest absolute Gasteiger partial charge is 0.246 e. The minimum absolute atomic E-state index is 0.0137. The van der Waals surface area contributed by atoms with Crippen LogP contribution in [0.5, 0.6) is 0 Å². The number of aliphatic hydroxyl groups excluding tert-OH is 1. The summed E-state index contributed by atoms with van der Waals surface area (Å²) in [5, 5.41) is 18.8. The predicted octanol–water partition coefficient (Wildman–Crippen LogP) is 0.855. The molecule has 242 valence electrons. The fraction of sp³-hybridized carbons (Fsp3) is 0.485. The molecule has 0 radical (unpaired) electrons. The van der Waals surface area contributed by atoms with E-state index in [1.165, 1.54) is 21.9 Å². The highest BCUT2D eigenvalue weighted by Gasteiger charge is 2.43. The molecule has 2 heterocycles. The number of rotatable bonds is 6. The molecule has 2 aliphatic rings. The van der Waals surface area contributed by atoms with Crippen LogP contribution in [0, 0.1) is 18.7 Å². The lowest BCUT2D eigenvalue weighted by Crippen LogP contribution is -2.58. The van der Waals surface area contributed by atoms with E-state index < -0.39 is 66.1 Å². The van der Waals surface area contributed by atoms with E-state index in [4.69, 9.17) is 0 Å². The molecule has 0 aromatic heterocycles. The lowest BCUT2D eigenvalue weighted by Gasteiger charge is -2.32. The van der Waals surface area contributed by atoms with Crippen molar-refractivity contribution >= 4 is 29.5 Å². The van der Waals surface area contributed by atoms with Gasteiger partial charge in [0.2, 0.25) is 29.5 Å². The number of nitrogens with zero attached hydrogens (tertiary/aromatic N) is 2. The molecule has 11 nitrogen and oxygen atoms in total. The van der Waals surface area contributed by atoms with Gasteiger partial charge in [0, 0.05) is 32.5 Å². The molecule has 0 spiro atoms. The first-order chi connectivity index (χ1) is 21.5. The van der Waals surface area contributed by atoms with Gasteiger partial charge >= 0.3 is 0 Å². The topological polar surface area (TPSA) is 148 Å². The second-order valence-electron chi connectivity index (χ2n) is 11.9. The van der Waals surface area contributed by atoms with Gasteiger partial charge in [0.15, 0.2) is 0 Å². The van der Waals surface area contributed by atoms with Gasteiger partial charge in [-0.05, 0) is 41.7 Å². The number of hydrogen-bond acceptors (Lipinski definition) is 6. The first-order valence-electron chi connectivity index (χ1n) is 15.4. The molecule has 4 rings (SSSR count). The largest absolute Gasteiger partial charge is 0.391 e. The Bertz CT molecular complexity index is 1410. The number of benzene rings is 2.